The van der Waals surface area contributed by atoms with E-state index in [9.17, 15) is 0 Å². The number of hydrogen-bond acceptors (Lipinski definition) is 4. The fourth-order valence-electron chi connectivity index (χ4n) is 3.13. The van der Waals surface area contributed by atoms with Crippen LogP contribution in [0.15, 0.2) is 59.6 Å². The molecule has 4 nitrogen and oxygen atoms in total. The van der Waals surface area contributed by atoms with E-state index in [1.807, 2.05) is 44.2 Å². The minimum Gasteiger partial charge on any atom is -0.490 e. The standard InChI is InChI=1S/C21H20N2O2/c1-3-24-18-12-11-15(13-19(18)25-4-2)21-22-16-9-5-7-14-8-6-10-17(23-21)20(14)16/h5-13H,3-4H2,1-2H3,(H,22,23). The molecule has 1 aliphatic heterocycles. The summed E-state index contributed by atoms with van der Waals surface area (Å²) in [5, 5.41) is 5.80. The van der Waals surface area contributed by atoms with Crippen LogP contribution in [0.2, 0.25) is 0 Å². The number of hydrogen-bond donors (Lipinski definition) is 1. The molecule has 1 N–H and O–H groups in total. The van der Waals surface area contributed by atoms with Crippen molar-refractivity contribution >= 4 is 28.0 Å². The van der Waals surface area contributed by atoms with Crippen molar-refractivity contribution in [3.8, 4) is 11.5 Å². The van der Waals surface area contributed by atoms with Gasteiger partial charge in [0.2, 0.25) is 0 Å². The van der Waals surface area contributed by atoms with Crippen LogP contribution in [0, 0.1) is 0 Å². The molecule has 0 aliphatic carbocycles. The highest BCUT2D eigenvalue weighted by atomic mass is 16.5. The highest BCUT2D eigenvalue weighted by Gasteiger charge is 2.17. The Bertz CT molecular complexity index is 958. The number of nitrogens with one attached hydrogen (secondary N) is 1. The molecule has 0 saturated heterocycles. The van der Waals surface area contributed by atoms with E-state index in [0.717, 1.165) is 39.7 Å². The van der Waals surface area contributed by atoms with Gasteiger partial charge in [-0.25, -0.2) is 4.99 Å². The number of aliphatic imine (C=N–C) groups is 1. The molecule has 4 heteroatoms. The van der Waals surface area contributed by atoms with Gasteiger partial charge in [0.15, 0.2) is 11.5 Å². The first-order valence-corrected chi connectivity index (χ1v) is 8.57. The van der Waals surface area contributed by atoms with Crippen molar-refractivity contribution in [2.45, 2.75) is 13.8 Å². The SMILES string of the molecule is CCOc1ccc(C2=Nc3cccc4cccc(c34)N2)cc1OCC. The Morgan fingerprint density at radius 1 is 0.880 bits per heavy atom. The van der Waals surface area contributed by atoms with Crippen LogP contribution < -0.4 is 14.8 Å². The van der Waals surface area contributed by atoms with Crippen LogP contribution in [0.3, 0.4) is 0 Å². The first-order valence-electron chi connectivity index (χ1n) is 8.57. The molecule has 25 heavy (non-hydrogen) atoms. The van der Waals surface area contributed by atoms with Crippen LogP contribution in [-0.4, -0.2) is 19.0 Å². The molecule has 0 aromatic heterocycles. The maximum Gasteiger partial charge on any atom is 0.161 e. The third kappa shape index (κ3) is 2.80. The van der Waals surface area contributed by atoms with Crippen LogP contribution in [0.5, 0.6) is 11.5 Å². The summed E-state index contributed by atoms with van der Waals surface area (Å²) in [7, 11) is 0. The average Bonchev–Trinajstić information content (AvgIpc) is 2.64. The lowest BCUT2D eigenvalue weighted by atomic mass is 10.0. The third-order valence-corrected chi connectivity index (χ3v) is 4.18. The van der Waals surface area contributed by atoms with Crippen molar-refractivity contribution in [3.63, 3.8) is 0 Å². The molecule has 0 amide bonds. The van der Waals surface area contributed by atoms with Crippen molar-refractivity contribution in [3.05, 3.63) is 60.2 Å². The number of rotatable bonds is 5. The van der Waals surface area contributed by atoms with Crippen molar-refractivity contribution < 1.29 is 9.47 Å². The van der Waals surface area contributed by atoms with E-state index < -0.39 is 0 Å². The Kier molecular flexibility index (Phi) is 4.02. The quantitative estimate of drug-likeness (QED) is 0.703. The molecule has 0 spiro atoms. The Labute approximate surface area is 147 Å². The fraction of sp³-hybridized carbons (Fsp3) is 0.190. The van der Waals surface area contributed by atoms with Gasteiger partial charge in [0.05, 0.1) is 18.9 Å². The second-order valence-electron chi connectivity index (χ2n) is 5.79. The van der Waals surface area contributed by atoms with Crippen molar-refractivity contribution in [2.75, 3.05) is 18.5 Å². The Morgan fingerprint density at radius 3 is 2.44 bits per heavy atom. The van der Waals surface area contributed by atoms with E-state index in [4.69, 9.17) is 14.5 Å². The summed E-state index contributed by atoms with van der Waals surface area (Å²) in [4.78, 5) is 4.82. The topological polar surface area (TPSA) is 42.8 Å². The molecule has 126 valence electrons. The van der Waals surface area contributed by atoms with Gasteiger partial charge in [-0.1, -0.05) is 24.3 Å². The van der Waals surface area contributed by atoms with Crippen LogP contribution in [0.1, 0.15) is 19.4 Å². The van der Waals surface area contributed by atoms with Gasteiger partial charge in [0.25, 0.3) is 0 Å². The zero-order chi connectivity index (χ0) is 17.2. The lowest BCUT2D eigenvalue weighted by Crippen LogP contribution is -2.16. The van der Waals surface area contributed by atoms with E-state index in [2.05, 4.69) is 29.6 Å². The lowest BCUT2D eigenvalue weighted by Gasteiger charge is -2.20. The molecule has 3 aromatic rings. The van der Waals surface area contributed by atoms with Gasteiger partial charge in [-0.3, -0.25) is 0 Å². The van der Waals surface area contributed by atoms with Crippen LogP contribution in [0.4, 0.5) is 11.4 Å². The molecule has 0 fully saturated rings. The number of anilines is 1. The smallest absolute Gasteiger partial charge is 0.161 e. The van der Waals surface area contributed by atoms with E-state index >= 15 is 0 Å². The summed E-state index contributed by atoms with van der Waals surface area (Å²) >= 11 is 0. The number of nitrogens with zero attached hydrogens (tertiary/aromatic N) is 1. The maximum absolute atomic E-state index is 5.74. The van der Waals surface area contributed by atoms with Crippen molar-refractivity contribution in [1.82, 2.24) is 0 Å². The van der Waals surface area contributed by atoms with E-state index in [1.54, 1.807) is 0 Å². The molecule has 4 rings (SSSR count). The minimum absolute atomic E-state index is 0.589. The number of benzene rings is 3. The summed E-state index contributed by atoms with van der Waals surface area (Å²) < 4.78 is 11.4. The first-order chi connectivity index (χ1) is 12.3. The molecular weight excluding hydrogens is 312 g/mol. The monoisotopic (exact) mass is 332 g/mol. The second-order valence-corrected chi connectivity index (χ2v) is 5.79. The van der Waals surface area contributed by atoms with Gasteiger partial charge < -0.3 is 14.8 Å². The maximum atomic E-state index is 5.74. The largest absolute Gasteiger partial charge is 0.490 e. The predicted octanol–water partition coefficient (Wildman–Crippen LogP) is 5.14. The van der Waals surface area contributed by atoms with Crippen LogP contribution >= 0.6 is 0 Å². The highest BCUT2D eigenvalue weighted by molar-refractivity contribution is 6.19. The molecule has 0 bridgehead atoms. The van der Waals surface area contributed by atoms with Crippen molar-refractivity contribution in [1.29, 1.82) is 0 Å². The van der Waals surface area contributed by atoms with Crippen molar-refractivity contribution in [2.24, 2.45) is 4.99 Å². The Balaban J connectivity index is 1.79. The Morgan fingerprint density at radius 2 is 1.64 bits per heavy atom. The molecule has 1 aliphatic rings. The Hall–Kier alpha value is -3.01. The molecule has 0 unspecified atom stereocenters. The minimum atomic E-state index is 0.589. The summed E-state index contributed by atoms with van der Waals surface area (Å²) in [5.41, 5.74) is 3.03. The molecule has 3 aromatic carbocycles. The number of amidine groups is 1. The van der Waals surface area contributed by atoms with Gasteiger partial charge in [-0.15, -0.1) is 0 Å². The predicted molar refractivity (Wildman–Crippen MR) is 103 cm³/mol. The summed E-state index contributed by atoms with van der Waals surface area (Å²) in [5.74, 6) is 2.31. The van der Waals surface area contributed by atoms with E-state index in [1.165, 1.54) is 5.39 Å². The van der Waals surface area contributed by atoms with Gasteiger partial charge >= 0.3 is 0 Å². The molecule has 0 radical (unpaired) electrons. The zero-order valence-corrected chi connectivity index (χ0v) is 14.4. The average molecular weight is 332 g/mol. The fourth-order valence-corrected chi connectivity index (χ4v) is 3.13. The second kappa shape index (κ2) is 6.48. The normalized spacial score (nSPS) is 12.5. The summed E-state index contributed by atoms with van der Waals surface area (Å²) in [6.07, 6.45) is 0. The van der Waals surface area contributed by atoms with Crippen LogP contribution in [-0.2, 0) is 0 Å². The molecule has 0 saturated carbocycles. The van der Waals surface area contributed by atoms with Gasteiger partial charge in [0.1, 0.15) is 5.84 Å². The van der Waals surface area contributed by atoms with Gasteiger partial charge in [0, 0.05) is 16.6 Å². The molecule has 1 heterocycles. The first kappa shape index (κ1) is 15.5. The summed E-state index contributed by atoms with van der Waals surface area (Å²) in [6.45, 7) is 5.13. The molecular formula is C21H20N2O2. The number of ether oxygens (including phenoxy) is 2. The lowest BCUT2D eigenvalue weighted by molar-refractivity contribution is 0.287. The zero-order valence-electron chi connectivity index (χ0n) is 14.4. The summed E-state index contributed by atoms with van der Waals surface area (Å²) in [6, 6.07) is 18.4. The van der Waals surface area contributed by atoms with Gasteiger partial charge in [-0.2, -0.15) is 0 Å². The highest BCUT2D eigenvalue weighted by Crippen LogP contribution is 2.37. The third-order valence-electron chi connectivity index (χ3n) is 4.18. The van der Waals surface area contributed by atoms with E-state index in [0.29, 0.717) is 13.2 Å². The molecule has 0 atom stereocenters. The van der Waals surface area contributed by atoms with Gasteiger partial charge in [-0.05, 0) is 49.6 Å². The van der Waals surface area contributed by atoms with E-state index in [-0.39, 0.29) is 0 Å². The van der Waals surface area contributed by atoms with Crippen LogP contribution in [0.25, 0.3) is 10.8 Å².